The summed E-state index contributed by atoms with van der Waals surface area (Å²) in [6.45, 7) is 0.767. The number of fused-ring (bicyclic) bond motifs is 1. The molecule has 1 fully saturated rings. The average Bonchev–Trinajstić information content (AvgIpc) is 3.35. The third kappa shape index (κ3) is 5.44. The SMILES string of the molecule is Cc1cccc(N(C)CC(=O)N2CCOCC2C(F)(F)F)c1N(C=O)c1ccc(-c2cncc3c2cnn3C)nc1. The van der Waals surface area contributed by atoms with Crippen LogP contribution in [-0.4, -0.2) is 82.5 Å². The van der Waals surface area contributed by atoms with Gasteiger partial charge >= 0.3 is 6.18 Å². The highest BCUT2D eigenvalue weighted by Crippen LogP contribution is 2.37. The van der Waals surface area contributed by atoms with Crippen LogP contribution < -0.4 is 9.80 Å². The van der Waals surface area contributed by atoms with E-state index in [2.05, 4.69) is 15.1 Å². The molecule has 4 heterocycles. The van der Waals surface area contributed by atoms with E-state index in [9.17, 15) is 22.8 Å². The number of carbonyl (C=O) groups is 2. The van der Waals surface area contributed by atoms with E-state index in [1.165, 1.54) is 4.90 Å². The first-order valence-corrected chi connectivity index (χ1v) is 12.8. The number of ether oxygens (including phenoxy) is 1. The molecule has 0 aliphatic carbocycles. The van der Waals surface area contributed by atoms with Crippen LogP contribution in [0.25, 0.3) is 22.2 Å². The number of pyridine rings is 2. The molecule has 4 aromatic rings. The average molecular weight is 568 g/mol. The smallest absolute Gasteiger partial charge is 0.377 e. The molecule has 1 atom stereocenters. The Morgan fingerprint density at radius 2 is 1.98 bits per heavy atom. The highest BCUT2D eigenvalue weighted by atomic mass is 19.4. The zero-order chi connectivity index (χ0) is 29.3. The largest absolute Gasteiger partial charge is 0.411 e. The number of rotatable bonds is 7. The van der Waals surface area contributed by atoms with Crippen molar-refractivity contribution in [1.29, 1.82) is 0 Å². The van der Waals surface area contributed by atoms with Crippen molar-refractivity contribution in [2.24, 2.45) is 7.05 Å². The van der Waals surface area contributed by atoms with E-state index in [-0.39, 0.29) is 19.7 Å². The number of para-hydroxylation sites is 1. The molecule has 214 valence electrons. The number of hydrogen-bond donors (Lipinski definition) is 0. The number of morpholine rings is 1. The van der Waals surface area contributed by atoms with Crippen LogP contribution in [-0.2, 0) is 21.4 Å². The second-order valence-electron chi connectivity index (χ2n) is 9.78. The highest BCUT2D eigenvalue weighted by molar-refractivity contribution is 5.96. The van der Waals surface area contributed by atoms with Gasteiger partial charge in [0.25, 0.3) is 0 Å². The molecule has 10 nitrogen and oxygen atoms in total. The molecular formula is C28H28F3N7O3. The third-order valence-electron chi connectivity index (χ3n) is 7.15. The Kier molecular flexibility index (Phi) is 7.63. The van der Waals surface area contributed by atoms with E-state index in [1.807, 2.05) is 20.0 Å². The van der Waals surface area contributed by atoms with Crippen molar-refractivity contribution < 1.29 is 27.5 Å². The van der Waals surface area contributed by atoms with Gasteiger partial charge in [-0.2, -0.15) is 18.3 Å². The zero-order valence-electron chi connectivity index (χ0n) is 22.7. The summed E-state index contributed by atoms with van der Waals surface area (Å²) in [6.07, 6.45) is 2.76. The summed E-state index contributed by atoms with van der Waals surface area (Å²) in [5.41, 5.74) is 4.45. The lowest BCUT2D eigenvalue weighted by Gasteiger charge is -2.37. The van der Waals surface area contributed by atoms with Gasteiger partial charge in [0.1, 0.15) is 0 Å². The lowest BCUT2D eigenvalue weighted by Crippen LogP contribution is -2.57. The van der Waals surface area contributed by atoms with E-state index in [1.54, 1.807) is 65.7 Å². The maximum Gasteiger partial charge on any atom is 0.411 e. The Labute approximate surface area is 233 Å². The molecule has 1 aliphatic rings. The van der Waals surface area contributed by atoms with E-state index >= 15 is 0 Å². The number of aryl methyl sites for hydroxylation is 2. The monoisotopic (exact) mass is 567 g/mol. The van der Waals surface area contributed by atoms with Gasteiger partial charge in [-0.15, -0.1) is 0 Å². The van der Waals surface area contributed by atoms with Gasteiger partial charge in [-0.25, -0.2) is 0 Å². The molecule has 0 radical (unpaired) electrons. The minimum absolute atomic E-state index is 0.0327. The molecule has 0 spiro atoms. The number of alkyl halides is 3. The van der Waals surface area contributed by atoms with Crippen molar-refractivity contribution in [2.45, 2.75) is 19.1 Å². The molecule has 2 amide bonds. The minimum atomic E-state index is -4.60. The fraction of sp³-hybridized carbons (Fsp3) is 0.321. The molecule has 0 saturated carbocycles. The summed E-state index contributed by atoms with van der Waals surface area (Å²) in [6, 6.07) is 6.80. The fourth-order valence-corrected chi connectivity index (χ4v) is 5.01. The minimum Gasteiger partial charge on any atom is -0.377 e. The topological polar surface area (TPSA) is 96.7 Å². The number of benzene rings is 1. The Morgan fingerprint density at radius 3 is 2.68 bits per heavy atom. The second kappa shape index (κ2) is 11.2. The van der Waals surface area contributed by atoms with Crippen molar-refractivity contribution >= 4 is 40.3 Å². The van der Waals surface area contributed by atoms with E-state index in [4.69, 9.17) is 4.74 Å². The van der Waals surface area contributed by atoms with Crippen LogP contribution in [0, 0.1) is 6.92 Å². The maximum atomic E-state index is 13.5. The van der Waals surface area contributed by atoms with E-state index in [0.717, 1.165) is 26.9 Å². The number of hydrogen-bond acceptors (Lipinski definition) is 7. The molecule has 1 saturated heterocycles. The summed E-state index contributed by atoms with van der Waals surface area (Å²) in [5, 5.41) is 5.17. The van der Waals surface area contributed by atoms with Crippen molar-refractivity contribution in [3.63, 3.8) is 0 Å². The van der Waals surface area contributed by atoms with Crippen LogP contribution in [0.4, 0.5) is 30.2 Å². The van der Waals surface area contributed by atoms with E-state index < -0.39 is 24.7 Å². The van der Waals surface area contributed by atoms with Crippen molar-refractivity contribution in [3.8, 4) is 11.3 Å². The van der Waals surface area contributed by atoms with Gasteiger partial charge in [-0.1, -0.05) is 12.1 Å². The van der Waals surface area contributed by atoms with Crippen LogP contribution in [0.5, 0.6) is 0 Å². The van der Waals surface area contributed by atoms with Gasteiger partial charge in [-0.05, 0) is 30.7 Å². The standard InChI is InChI=1S/C28H28F3N7O3/c1-18-5-4-6-23(35(2)15-26(40)37-9-10-41-16-25(37)28(29,30)31)27(18)38(17-39)19-7-8-22(33-11-19)20-12-32-14-24-21(20)13-34-36(24)3/h4-8,11-14,17,25H,9-10,15-16H2,1-3H3. The summed E-state index contributed by atoms with van der Waals surface area (Å²) in [5.74, 6) is -0.688. The first kappa shape index (κ1) is 28.0. The van der Waals surface area contributed by atoms with Crippen LogP contribution in [0.15, 0.2) is 55.1 Å². The molecule has 3 aromatic heterocycles. The number of nitrogens with zero attached hydrogens (tertiary/aromatic N) is 7. The first-order valence-electron chi connectivity index (χ1n) is 12.8. The summed E-state index contributed by atoms with van der Waals surface area (Å²) >= 11 is 0. The van der Waals surface area contributed by atoms with Crippen molar-refractivity contribution in [2.75, 3.05) is 43.2 Å². The lowest BCUT2D eigenvalue weighted by atomic mass is 10.1. The Hall–Kier alpha value is -4.52. The normalized spacial score (nSPS) is 15.7. The number of aromatic nitrogens is 4. The summed E-state index contributed by atoms with van der Waals surface area (Å²) in [4.78, 5) is 38.1. The fourth-order valence-electron chi connectivity index (χ4n) is 5.01. The Balaban J connectivity index is 1.43. The molecule has 0 N–H and O–H groups in total. The molecule has 41 heavy (non-hydrogen) atoms. The Bertz CT molecular complexity index is 1570. The number of carbonyl (C=O) groups excluding carboxylic acids is 2. The number of anilines is 3. The number of halogens is 3. The highest BCUT2D eigenvalue weighted by Gasteiger charge is 2.47. The van der Waals surface area contributed by atoms with E-state index in [0.29, 0.717) is 29.2 Å². The second-order valence-corrected chi connectivity index (χ2v) is 9.78. The van der Waals surface area contributed by atoms with Gasteiger partial charge in [-0.3, -0.25) is 29.1 Å². The van der Waals surface area contributed by atoms with Crippen LogP contribution in [0.3, 0.4) is 0 Å². The Morgan fingerprint density at radius 1 is 1.17 bits per heavy atom. The maximum absolute atomic E-state index is 13.5. The van der Waals surface area contributed by atoms with Crippen LogP contribution in [0.2, 0.25) is 0 Å². The predicted molar refractivity (Wildman–Crippen MR) is 147 cm³/mol. The van der Waals surface area contributed by atoms with Crippen molar-refractivity contribution in [1.82, 2.24) is 24.6 Å². The number of amides is 2. The molecular weight excluding hydrogens is 539 g/mol. The molecule has 1 unspecified atom stereocenters. The molecule has 1 aliphatic heterocycles. The molecule has 13 heteroatoms. The lowest BCUT2D eigenvalue weighted by molar-refractivity contribution is -0.212. The zero-order valence-corrected chi connectivity index (χ0v) is 22.7. The van der Waals surface area contributed by atoms with Crippen LogP contribution in [0.1, 0.15) is 5.56 Å². The third-order valence-corrected chi connectivity index (χ3v) is 7.15. The van der Waals surface area contributed by atoms with Gasteiger partial charge in [0, 0.05) is 37.8 Å². The van der Waals surface area contributed by atoms with Crippen molar-refractivity contribution in [3.05, 3.63) is 60.7 Å². The quantitative estimate of drug-likeness (QED) is 0.313. The molecule has 5 rings (SSSR count). The van der Waals surface area contributed by atoms with Gasteiger partial charge in [0.05, 0.1) is 66.6 Å². The predicted octanol–water partition coefficient (Wildman–Crippen LogP) is 3.86. The molecule has 1 aromatic carbocycles. The van der Waals surface area contributed by atoms with Gasteiger partial charge < -0.3 is 14.5 Å². The first-order chi connectivity index (χ1) is 19.6. The van der Waals surface area contributed by atoms with Crippen LogP contribution >= 0.6 is 0 Å². The summed E-state index contributed by atoms with van der Waals surface area (Å²) in [7, 11) is 3.43. The van der Waals surface area contributed by atoms with Gasteiger partial charge in [0.2, 0.25) is 12.3 Å². The van der Waals surface area contributed by atoms with Gasteiger partial charge in [0.15, 0.2) is 6.04 Å². The molecule has 0 bridgehead atoms. The number of likely N-dealkylation sites (N-methyl/N-ethyl adjacent to an activating group) is 1. The summed E-state index contributed by atoms with van der Waals surface area (Å²) < 4.78 is 47.3.